The fourth-order valence-corrected chi connectivity index (χ4v) is 4.31. The Balaban J connectivity index is 2.38. The van der Waals surface area contributed by atoms with Gasteiger partial charge >= 0.3 is 0 Å². The number of nitrogens with zero attached hydrogens (tertiary/aromatic N) is 1. The zero-order valence-corrected chi connectivity index (χ0v) is 13.6. The summed E-state index contributed by atoms with van der Waals surface area (Å²) in [7, 11) is -3.62. The number of sulfonamides is 1. The van der Waals surface area contributed by atoms with Crippen LogP contribution in [0.15, 0.2) is 29.2 Å². The van der Waals surface area contributed by atoms with Crippen LogP contribution in [-0.2, 0) is 14.8 Å². The summed E-state index contributed by atoms with van der Waals surface area (Å²) < 4.78 is 32.7. The number of carbonyl (C=O) groups is 1. The predicted molar refractivity (Wildman–Crippen MR) is 79.8 cm³/mol. The van der Waals surface area contributed by atoms with E-state index >= 15 is 0 Å². The molecule has 0 saturated carbocycles. The first-order chi connectivity index (χ1) is 9.62. The number of Topliss-reactive ketones (excluding diaryl/α,β-unsaturated/α-hetero) is 1. The highest BCUT2D eigenvalue weighted by atomic mass is 32.2. The van der Waals surface area contributed by atoms with Crippen LogP contribution in [0.25, 0.3) is 0 Å². The lowest BCUT2D eigenvalue weighted by atomic mass is 10.1. The third-order valence-electron chi connectivity index (χ3n) is 3.42. The first-order valence-electron chi connectivity index (χ1n) is 6.91. The van der Waals surface area contributed by atoms with E-state index in [-0.39, 0.29) is 16.8 Å². The molecule has 1 aliphatic rings. The van der Waals surface area contributed by atoms with Crippen molar-refractivity contribution >= 4 is 15.8 Å². The second kappa shape index (κ2) is 5.51. The Bertz CT molecular complexity index is 651. The normalized spacial score (nSPS) is 23.0. The molecule has 1 atom stereocenters. The minimum absolute atomic E-state index is 0.150. The predicted octanol–water partition coefficient (Wildman–Crippen LogP) is 2.08. The van der Waals surface area contributed by atoms with Crippen molar-refractivity contribution in [2.24, 2.45) is 0 Å². The largest absolute Gasteiger partial charge is 0.370 e. The molecular weight excluding hydrogens is 290 g/mol. The number of carbonyl (C=O) groups excluding carboxylic acids is 1. The van der Waals surface area contributed by atoms with E-state index in [1.807, 2.05) is 20.8 Å². The van der Waals surface area contributed by atoms with Crippen LogP contribution in [0.5, 0.6) is 0 Å². The quantitative estimate of drug-likeness (QED) is 0.802. The Kier molecular flexibility index (Phi) is 4.24. The molecule has 1 heterocycles. The third kappa shape index (κ3) is 3.51. The number of hydrogen-bond acceptors (Lipinski definition) is 4. The average molecular weight is 311 g/mol. The van der Waals surface area contributed by atoms with Crippen molar-refractivity contribution in [2.75, 3.05) is 13.1 Å². The van der Waals surface area contributed by atoms with Gasteiger partial charge in [-0.3, -0.25) is 4.79 Å². The molecular formula is C15H21NO4S. The maximum absolute atomic E-state index is 12.8. The summed E-state index contributed by atoms with van der Waals surface area (Å²) in [4.78, 5) is 11.6. The number of rotatable bonds is 3. The molecule has 0 amide bonds. The molecule has 0 aromatic heterocycles. The van der Waals surface area contributed by atoms with Gasteiger partial charge in [-0.05, 0) is 39.8 Å². The van der Waals surface area contributed by atoms with Gasteiger partial charge in [0.1, 0.15) is 0 Å². The van der Waals surface area contributed by atoms with Gasteiger partial charge in [-0.15, -0.1) is 0 Å². The second-order valence-electron chi connectivity index (χ2n) is 6.07. The lowest BCUT2D eigenvalue weighted by molar-refractivity contribution is -0.109. The van der Waals surface area contributed by atoms with Crippen LogP contribution >= 0.6 is 0 Å². The van der Waals surface area contributed by atoms with E-state index < -0.39 is 15.6 Å². The lowest BCUT2D eigenvalue weighted by Gasteiger charge is -2.40. The van der Waals surface area contributed by atoms with Crippen LogP contribution < -0.4 is 0 Å². The molecule has 1 aromatic rings. The van der Waals surface area contributed by atoms with Crippen molar-refractivity contribution < 1.29 is 17.9 Å². The molecule has 5 nitrogen and oxygen atoms in total. The van der Waals surface area contributed by atoms with Gasteiger partial charge in [-0.25, -0.2) is 8.42 Å². The van der Waals surface area contributed by atoms with Gasteiger partial charge in [-0.2, -0.15) is 4.31 Å². The second-order valence-corrected chi connectivity index (χ2v) is 8.01. The summed E-state index contributed by atoms with van der Waals surface area (Å²) in [6.45, 7) is 7.63. The Hall–Kier alpha value is -1.24. The molecule has 1 unspecified atom stereocenters. The summed E-state index contributed by atoms with van der Waals surface area (Å²) in [6.07, 6.45) is -0.167. The molecule has 0 aliphatic carbocycles. The highest BCUT2D eigenvalue weighted by Crippen LogP contribution is 2.26. The van der Waals surface area contributed by atoms with Crippen LogP contribution in [-0.4, -0.2) is 43.3 Å². The SMILES string of the molecule is CC(=O)c1cccc(S(=O)(=O)N2CC(C)OC(C)(C)C2)c1. The molecule has 0 N–H and O–H groups in total. The molecule has 2 rings (SSSR count). The molecule has 1 aliphatic heterocycles. The van der Waals surface area contributed by atoms with Crippen LogP contribution in [0.3, 0.4) is 0 Å². The molecule has 21 heavy (non-hydrogen) atoms. The van der Waals surface area contributed by atoms with Gasteiger partial charge in [0, 0.05) is 18.7 Å². The number of hydrogen-bond donors (Lipinski definition) is 0. The van der Waals surface area contributed by atoms with Gasteiger partial charge in [-0.1, -0.05) is 12.1 Å². The summed E-state index contributed by atoms with van der Waals surface area (Å²) >= 11 is 0. The summed E-state index contributed by atoms with van der Waals surface area (Å²) in [5.74, 6) is -0.150. The van der Waals surface area contributed by atoms with E-state index in [9.17, 15) is 13.2 Å². The minimum Gasteiger partial charge on any atom is -0.370 e. The average Bonchev–Trinajstić information content (AvgIpc) is 2.36. The summed E-state index contributed by atoms with van der Waals surface area (Å²) in [5.41, 5.74) is -0.125. The third-order valence-corrected chi connectivity index (χ3v) is 5.22. The van der Waals surface area contributed by atoms with E-state index in [2.05, 4.69) is 0 Å². The Morgan fingerprint density at radius 2 is 2.05 bits per heavy atom. The van der Waals surface area contributed by atoms with Crippen LogP contribution in [0.1, 0.15) is 38.1 Å². The van der Waals surface area contributed by atoms with Gasteiger partial charge in [0.05, 0.1) is 16.6 Å². The van der Waals surface area contributed by atoms with Crippen LogP contribution in [0.4, 0.5) is 0 Å². The topological polar surface area (TPSA) is 63.7 Å². The van der Waals surface area contributed by atoms with Crippen LogP contribution in [0, 0.1) is 0 Å². The Labute approximate surface area is 126 Å². The van der Waals surface area contributed by atoms with E-state index in [4.69, 9.17) is 4.74 Å². The molecule has 6 heteroatoms. The standard InChI is InChI=1S/C15H21NO4S/c1-11-9-16(10-15(3,4)20-11)21(18,19)14-7-5-6-13(8-14)12(2)17/h5-8,11H,9-10H2,1-4H3. The fraction of sp³-hybridized carbons (Fsp3) is 0.533. The smallest absolute Gasteiger partial charge is 0.243 e. The monoisotopic (exact) mass is 311 g/mol. The summed E-state index contributed by atoms with van der Waals surface area (Å²) in [5, 5.41) is 0. The Morgan fingerprint density at radius 1 is 1.38 bits per heavy atom. The van der Waals surface area contributed by atoms with Gasteiger partial charge in [0.25, 0.3) is 0 Å². The van der Waals surface area contributed by atoms with Crippen molar-refractivity contribution in [3.8, 4) is 0 Å². The highest BCUT2D eigenvalue weighted by Gasteiger charge is 2.37. The lowest BCUT2D eigenvalue weighted by Crippen LogP contribution is -2.53. The van der Waals surface area contributed by atoms with Crippen molar-refractivity contribution in [3.05, 3.63) is 29.8 Å². The maximum atomic E-state index is 12.8. The number of ether oxygens (including phenoxy) is 1. The van der Waals surface area contributed by atoms with Crippen LogP contribution in [0.2, 0.25) is 0 Å². The van der Waals surface area contributed by atoms with Crippen molar-refractivity contribution in [1.29, 1.82) is 0 Å². The number of ketones is 1. The van der Waals surface area contributed by atoms with E-state index in [1.165, 1.54) is 23.4 Å². The van der Waals surface area contributed by atoms with E-state index in [0.717, 1.165) is 0 Å². The van der Waals surface area contributed by atoms with Crippen molar-refractivity contribution in [1.82, 2.24) is 4.31 Å². The van der Waals surface area contributed by atoms with E-state index in [1.54, 1.807) is 12.1 Å². The van der Waals surface area contributed by atoms with Gasteiger partial charge < -0.3 is 4.74 Å². The maximum Gasteiger partial charge on any atom is 0.243 e. The first-order valence-corrected chi connectivity index (χ1v) is 8.35. The van der Waals surface area contributed by atoms with Crippen molar-refractivity contribution in [3.63, 3.8) is 0 Å². The zero-order valence-electron chi connectivity index (χ0n) is 12.8. The number of benzene rings is 1. The molecule has 0 bridgehead atoms. The summed E-state index contributed by atoms with van der Waals surface area (Å²) in [6, 6.07) is 6.17. The zero-order chi connectivity index (χ0) is 15.8. The minimum atomic E-state index is -3.62. The number of morpholine rings is 1. The van der Waals surface area contributed by atoms with E-state index in [0.29, 0.717) is 18.7 Å². The molecule has 116 valence electrons. The van der Waals surface area contributed by atoms with Gasteiger partial charge in [0.2, 0.25) is 10.0 Å². The van der Waals surface area contributed by atoms with Crippen molar-refractivity contribution in [2.45, 2.75) is 44.3 Å². The molecule has 0 radical (unpaired) electrons. The fourth-order valence-electron chi connectivity index (χ4n) is 2.60. The highest BCUT2D eigenvalue weighted by molar-refractivity contribution is 7.89. The molecule has 1 fully saturated rings. The first kappa shape index (κ1) is 16.1. The molecule has 1 aromatic carbocycles. The molecule has 0 spiro atoms. The van der Waals surface area contributed by atoms with Gasteiger partial charge in [0.15, 0.2) is 5.78 Å². The molecule has 1 saturated heterocycles. The Morgan fingerprint density at radius 3 is 2.62 bits per heavy atom.